The van der Waals surface area contributed by atoms with Crippen molar-refractivity contribution in [1.29, 1.82) is 0 Å². The molecule has 1 nitrogen and oxygen atoms in total. The highest BCUT2D eigenvalue weighted by molar-refractivity contribution is 6.20. The van der Waals surface area contributed by atoms with E-state index in [0.29, 0.717) is 5.92 Å². The molecule has 0 aromatic heterocycles. The van der Waals surface area contributed by atoms with Gasteiger partial charge in [-0.1, -0.05) is 37.3 Å². The fourth-order valence-corrected chi connectivity index (χ4v) is 2.05. The molecular formula is C13H14O. The average molecular weight is 186 g/mol. The summed E-state index contributed by atoms with van der Waals surface area (Å²) >= 11 is 0. The van der Waals surface area contributed by atoms with Crippen LogP contribution >= 0.6 is 0 Å². The van der Waals surface area contributed by atoms with Gasteiger partial charge in [0.2, 0.25) is 0 Å². The smallest absolute Gasteiger partial charge is 0.160 e. The lowest BCUT2D eigenvalue weighted by atomic mass is 9.84. The molecule has 0 saturated carbocycles. The number of rotatable bonds is 1. The van der Waals surface area contributed by atoms with Crippen LogP contribution in [0.4, 0.5) is 0 Å². The van der Waals surface area contributed by atoms with Crippen LogP contribution in [0, 0.1) is 5.92 Å². The van der Waals surface area contributed by atoms with E-state index in [1.165, 1.54) is 5.56 Å². The van der Waals surface area contributed by atoms with Crippen LogP contribution in [0.15, 0.2) is 30.3 Å². The third-order valence-corrected chi connectivity index (χ3v) is 2.68. The van der Waals surface area contributed by atoms with E-state index in [2.05, 4.69) is 19.1 Å². The SMILES string of the molecule is CC(=O)C1=CC(C)Cc2ccccc21. The highest BCUT2D eigenvalue weighted by atomic mass is 16.1. The third kappa shape index (κ3) is 1.50. The molecule has 1 unspecified atom stereocenters. The summed E-state index contributed by atoms with van der Waals surface area (Å²) in [6.45, 7) is 3.79. The topological polar surface area (TPSA) is 17.1 Å². The second-order valence-electron chi connectivity index (χ2n) is 3.98. The van der Waals surface area contributed by atoms with Crippen LogP contribution in [0.25, 0.3) is 5.57 Å². The minimum absolute atomic E-state index is 0.170. The maximum atomic E-state index is 11.4. The Balaban J connectivity index is 2.55. The Morgan fingerprint density at radius 1 is 1.36 bits per heavy atom. The molecule has 0 heterocycles. The molecule has 72 valence electrons. The number of benzene rings is 1. The average Bonchev–Trinajstić information content (AvgIpc) is 2.16. The first kappa shape index (κ1) is 9.20. The zero-order valence-electron chi connectivity index (χ0n) is 8.58. The molecule has 0 spiro atoms. The summed E-state index contributed by atoms with van der Waals surface area (Å²) in [5.74, 6) is 0.646. The Morgan fingerprint density at radius 3 is 2.79 bits per heavy atom. The molecule has 1 atom stereocenters. The van der Waals surface area contributed by atoms with Crippen LogP contribution in [0.3, 0.4) is 0 Å². The summed E-state index contributed by atoms with van der Waals surface area (Å²) in [4.78, 5) is 11.4. The van der Waals surface area contributed by atoms with E-state index in [9.17, 15) is 4.79 Å². The predicted octanol–water partition coefficient (Wildman–Crippen LogP) is 2.85. The number of ketones is 1. The molecule has 0 saturated heterocycles. The second kappa shape index (κ2) is 3.41. The summed E-state index contributed by atoms with van der Waals surface area (Å²) in [5.41, 5.74) is 3.31. The van der Waals surface area contributed by atoms with Gasteiger partial charge in [0.25, 0.3) is 0 Å². The number of carbonyl (C=O) groups is 1. The van der Waals surface area contributed by atoms with Gasteiger partial charge in [-0.15, -0.1) is 0 Å². The summed E-state index contributed by atoms with van der Waals surface area (Å²) in [5, 5.41) is 0. The lowest BCUT2D eigenvalue weighted by Gasteiger charge is -2.20. The van der Waals surface area contributed by atoms with Gasteiger partial charge >= 0.3 is 0 Å². The molecule has 0 fully saturated rings. The third-order valence-electron chi connectivity index (χ3n) is 2.68. The molecule has 0 radical (unpaired) electrons. The van der Waals surface area contributed by atoms with Crippen LogP contribution in [-0.4, -0.2) is 5.78 Å². The van der Waals surface area contributed by atoms with Crippen molar-refractivity contribution in [2.24, 2.45) is 5.92 Å². The standard InChI is InChI=1S/C13H14O/c1-9-7-11-5-3-4-6-12(11)13(8-9)10(2)14/h3-6,8-9H,7H2,1-2H3. The number of allylic oxidation sites excluding steroid dienone is 2. The monoisotopic (exact) mass is 186 g/mol. The first-order chi connectivity index (χ1) is 6.68. The van der Waals surface area contributed by atoms with Gasteiger partial charge in [-0.25, -0.2) is 0 Å². The van der Waals surface area contributed by atoms with Crippen molar-refractivity contribution in [2.45, 2.75) is 20.3 Å². The lowest BCUT2D eigenvalue weighted by molar-refractivity contribution is -0.111. The molecule has 1 aromatic rings. The Kier molecular flexibility index (Phi) is 2.24. The van der Waals surface area contributed by atoms with Crippen LogP contribution in [0.2, 0.25) is 0 Å². The number of Topliss-reactive ketones (excluding diaryl/α,β-unsaturated/α-hetero) is 1. The van der Waals surface area contributed by atoms with Gasteiger partial charge in [-0.05, 0) is 30.4 Å². The normalized spacial score (nSPS) is 19.9. The van der Waals surface area contributed by atoms with Gasteiger partial charge in [0.15, 0.2) is 5.78 Å². The number of carbonyl (C=O) groups excluding carboxylic acids is 1. The van der Waals surface area contributed by atoms with Crippen LogP contribution in [-0.2, 0) is 11.2 Å². The van der Waals surface area contributed by atoms with Crippen molar-refractivity contribution in [1.82, 2.24) is 0 Å². The van der Waals surface area contributed by atoms with E-state index < -0.39 is 0 Å². The molecular weight excluding hydrogens is 172 g/mol. The minimum atomic E-state index is 0.170. The Labute approximate surface area is 84.5 Å². The summed E-state index contributed by atoms with van der Waals surface area (Å²) < 4.78 is 0. The zero-order chi connectivity index (χ0) is 10.1. The number of hydrogen-bond donors (Lipinski definition) is 0. The molecule has 1 aliphatic rings. The Hall–Kier alpha value is -1.37. The van der Waals surface area contributed by atoms with E-state index >= 15 is 0 Å². The molecule has 1 aliphatic carbocycles. The Bertz CT molecular complexity index is 401. The molecule has 0 bridgehead atoms. The first-order valence-corrected chi connectivity index (χ1v) is 4.99. The van der Waals surface area contributed by atoms with E-state index in [1.807, 2.05) is 18.2 Å². The molecule has 0 aliphatic heterocycles. The molecule has 14 heavy (non-hydrogen) atoms. The van der Waals surface area contributed by atoms with E-state index in [4.69, 9.17) is 0 Å². The fourth-order valence-electron chi connectivity index (χ4n) is 2.05. The van der Waals surface area contributed by atoms with Gasteiger partial charge in [0.1, 0.15) is 0 Å². The lowest BCUT2D eigenvalue weighted by Crippen LogP contribution is -2.10. The van der Waals surface area contributed by atoms with Gasteiger partial charge in [-0.2, -0.15) is 0 Å². The van der Waals surface area contributed by atoms with E-state index in [-0.39, 0.29) is 5.78 Å². The number of hydrogen-bond acceptors (Lipinski definition) is 1. The van der Waals surface area contributed by atoms with Crippen molar-refractivity contribution in [3.8, 4) is 0 Å². The van der Waals surface area contributed by atoms with Gasteiger partial charge in [0.05, 0.1) is 0 Å². The van der Waals surface area contributed by atoms with Crippen LogP contribution < -0.4 is 0 Å². The zero-order valence-corrected chi connectivity index (χ0v) is 8.58. The molecule has 2 rings (SSSR count). The van der Waals surface area contributed by atoms with Gasteiger partial charge in [0, 0.05) is 5.57 Å². The maximum Gasteiger partial charge on any atom is 0.160 e. The summed E-state index contributed by atoms with van der Waals surface area (Å²) in [7, 11) is 0. The summed E-state index contributed by atoms with van der Waals surface area (Å²) in [6.07, 6.45) is 3.14. The first-order valence-electron chi connectivity index (χ1n) is 4.99. The maximum absolute atomic E-state index is 11.4. The van der Waals surface area contributed by atoms with Crippen LogP contribution in [0.5, 0.6) is 0 Å². The fraction of sp³-hybridized carbons (Fsp3) is 0.308. The molecule has 0 N–H and O–H groups in total. The van der Waals surface area contributed by atoms with Crippen LogP contribution in [0.1, 0.15) is 25.0 Å². The highest BCUT2D eigenvalue weighted by Gasteiger charge is 2.18. The quantitative estimate of drug-likeness (QED) is 0.659. The van der Waals surface area contributed by atoms with E-state index in [0.717, 1.165) is 17.6 Å². The van der Waals surface area contributed by atoms with Gasteiger partial charge in [-0.3, -0.25) is 4.79 Å². The van der Waals surface area contributed by atoms with E-state index in [1.54, 1.807) is 6.92 Å². The largest absolute Gasteiger partial charge is 0.295 e. The number of fused-ring (bicyclic) bond motifs is 1. The molecule has 1 aromatic carbocycles. The summed E-state index contributed by atoms with van der Waals surface area (Å²) in [6, 6.07) is 8.18. The predicted molar refractivity (Wildman–Crippen MR) is 58.0 cm³/mol. The van der Waals surface area contributed by atoms with Crippen molar-refractivity contribution in [3.63, 3.8) is 0 Å². The second-order valence-corrected chi connectivity index (χ2v) is 3.98. The van der Waals surface area contributed by atoms with Crippen molar-refractivity contribution in [3.05, 3.63) is 41.5 Å². The highest BCUT2D eigenvalue weighted by Crippen LogP contribution is 2.29. The van der Waals surface area contributed by atoms with Crippen molar-refractivity contribution in [2.75, 3.05) is 0 Å². The molecule has 1 heteroatoms. The Morgan fingerprint density at radius 2 is 2.07 bits per heavy atom. The van der Waals surface area contributed by atoms with Gasteiger partial charge < -0.3 is 0 Å². The minimum Gasteiger partial charge on any atom is -0.295 e. The van der Waals surface area contributed by atoms with Crippen molar-refractivity contribution >= 4 is 11.4 Å². The molecule has 0 amide bonds. The van der Waals surface area contributed by atoms with Crippen molar-refractivity contribution < 1.29 is 4.79 Å².